The molecule has 0 radical (unpaired) electrons. The lowest BCUT2D eigenvalue weighted by atomic mass is 10.00. The number of hydrogen-bond donors (Lipinski definition) is 3. The molecule has 1 aromatic rings. The van der Waals surface area contributed by atoms with Gasteiger partial charge in [0.1, 0.15) is 0 Å². The quantitative estimate of drug-likeness (QED) is 0.751. The van der Waals surface area contributed by atoms with Gasteiger partial charge in [-0.25, -0.2) is 4.79 Å². The second-order valence-electron chi connectivity index (χ2n) is 4.85. The molecule has 1 aromatic carbocycles. The molecule has 1 unspecified atom stereocenters. The second-order valence-corrected chi connectivity index (χ2v) is 4.85. The van der Waals surface area contributed by atoms with E-state index in [2.05, 4.69) is 5.32 Å². The Balaban J connectivity index is 2.90. The molecule has 1 rings (SSSR count). The summed E-state index contributed by atoms with van der Waals surface area (Å²) in [4.78, 5) is 10.8. The van der Waals surface area contributed by atoms with E-state index in [1.165, 1.54) is 0 Å². The van der Waals surface area contributed by atoms with Crippen molar-refractivity contribution in [2.24, 2.45) is 0 Å². The van der Waals surface area contributed by atoms with Crippen LogP contribution in [0.15, 0.2) is 18.2 Å². The molecule has 0 saturated heterocycles. The summed E-state index contributed by atoms with van der Waals surface area (Å²) in [6, 6.07) is 4.76. The molecule has 0 aliphatic heterocycles. The van der Waals surface area contributed by atoms with Gasteiger partial charge in [0.15, 0.2) is 0 Å². The highest BCUT2D eigenvalue weighted by Crippen LogP contribution is 2.20. The largest absolute Gasteiger partial charge is 0.478 e. The van der Waals surface area contributed by atoms with Gasteiger partial charge in [-0.05, 0) is 51.5 Å². The van der Waals surface area contributed by atoms with E-state index in [0.29, 0.717) is 0 Å². The first-order valence-electron chi connectivity index (χ1n) is 5.54. The van der Waals surface area contributed by atoms with Gasteiger partial charge in [0.05, 0.1) is 17.2 Å². The van der Waals surface area contributed by atoms with Crippen LogP contribution in [0.2, 0.25) is 0 Å². The predicted octanol–water partition coefficient (Wildman–Crippen LogP) is 2.26. The number of carboxylic acids is 1. The lowest BCUT2D eigenvalue weighted by molar-refractivity contribution is 0.0647. The van der Waals surface area contributed by atoms with E-state index in [0.717, 1.165) is 11.3 Å². The highest BCUT2D eigenvalue weighted by Gasteiger charge is 2.22. The fraction of sp³-hybridized carbons (Fsp3) is 0.462. The topological polar surface area (TPSA) is 69.6 Å². The lowest BCUT2D eigenvalue weighted by Gasteiger charge is -2.28. The Labute approximate surface area is 101 Å². The van der Waals surface area contributed by atoms with Crippen molar-refractivity contribution in [3.05, 3.63) is 29.3 Å². The van der Waals surface area contributed by atoms with Crippen LogP contribution in [0.3, 0.4) is 0 Å². The Morgan fingerprint density at radius 3 is 2.41 bits per heavy atom. The molecule has 4 heteroatoms. The van der Waals surface area contributed by atoms with Crippen LogP contribution in [0.4, 0.5) is 5.69 Å². The van der Waals surface area contributed by atoms with Crippen molar-refractivity contribution in [2.75, 3.05) is 5.32 Å². The molecule has 0 aromatic heterocycles. The molecule has 4 nitrogen and oxygen atoms in total. The Morgan fingerprint density at radius 2 is 2.00 bits per heavy atom. The summed E-state index contributed by atoms with van der Waals surface area (Å²) in [7, 11) is 0. The van der Waals surface area contributed by atoms with Crippen molar-refractivity contribution in [1.82, 2.24) is 0 Å². The Bertz CT molecular complexity index is 421. The van der Waals surface area contributed by atoms with Gasteiger partial charge in [-0.1, -0.05) is 0 Å². The third kappa shape index (κ3) is 3.46. The van der Waals surface area contributed by atoms with E-state index in [9.17, 15) is 9.90 Å². The van der Waals surface area contributed by atoms with Crippen molar-refractivity contribution in [2.45, 2.75) is 39.3 Å². The van der Waals surface area contributed by atoms with Crippen LogP contribution in [0.5, 0.6) is 0 Å². The van der Waals surface area contributed by atoms with Crippen molar-refractivity contribution in [1.29, 1.82) is 0 Å². The molecule has 0 heterocycles. The monoisotopic (exact) mass is 237 g/mol. The number of hydrogen-bond acceptors (Lipinski definition) is 3. The van der Waals surface area contributed by atoms with Crippen LogP contribution in [-0.2, 0) is 0 Å². The summed E-state index contributed by atoms with van der Waals surface area (Å²) in [6.45, 7) is 7.17. The molecule has 0 saturated carbocycles. The van der Waals surface area contributed by atoms with Gasteiger partial charge < -0.3 is 15.5 Å². The fourth-order valence-corrected chi connectivity index (χ4v) is 1.37. The average Bonchev–Trinajstić information content (AvgIpc) is 2.19. The van der Waals surface area contributed by atoms with Crippen molar-refractivity contribution < 1.29 is 15.0 Å². The highest BCUT2D eigenvalue weighted by molar-refractivity contribution is 5.88. The van der Waals surface area contributed by atoms with Crippen LogP contribution in [-0.4, -0.2) is 27.8 Å². The van der Waals surface area contributed by atoms with Crippen molar-refractivity contribution in [3.8, 4) is 0 Å². The first-order valence-corrected chi connectivity index (χ1v) is 5.54. The maximum absolute atomic E-state index is 10.8. The Hall–Kier alpha value is -1.55. The van der Waals surface area contributed by atoms with E-state index < -0.39 is 11.6 Å². The van der Waals surface area contributed by atoms with E-state index in [-0.39, 0.29) is 11.6 Å². The molecule has 94 valence electrons. The highest BCUT2D eigenvalue weighted by atomic mass is 16.4. The zero-order valence-electron chi connectivity index (χ0n) is 10.6. The summed E-state index contributed by atoms with van der Waals surface area (Å²) < 4.78 is 0. The Kier molecular flexibility index (Phi) is 3.78. The van der Waals surface area contributed by atoms with Crippen molar-refractivity contribution in [3.63, 3.8) is 0 Å². The molecular weight excluding hydrogens is 218 g/mol. The van der Waals surface area contributed by atoms with E-state index in [1.54, 1.807) is 32.0 Å². The lowest BCUT2D eigenvalue weighted by Crippen LogP contribution is -2.39. The first-order chi connectivity index (χ1) is 7.71. The van der Waals surface area contributed by atoms with Gasteiger partial charge in [-0.15, -0.1) is 0 Å². The molecule has 0 amide bonds. The minimum absolute atomic E-state index is 0.128. The number of rotatable bonds is 4. The Morgan fingerprint density at radius 1 is 1.41 bits per heavy atom. The third-order valence-corrected chi connectivity index (χ3v) is 2.91. The van der Waals surface area contributed by atoms with Crippen LogP contribution >= 0.6 is 0 Å². The maximum atomic E-state index is 10.8. The smallest absolute Gasteiger partial charge is 0.335 e. The standard InChI is InChI=1S/C13H19NO3/c1-8-7-10(12(15)16)5-6-11(8)14-9(2)13(3,4)17/h5-7,9,14,17H,1-4H3,(H,15,16). The van der Waals surface area contributed by atoms with Crippen LogP contribution in [0.25, 0.3) is 0 Å². The molecular formula is C13H19NO3. The van der Waals surface area contributed by atoms with Crippen LogP contribution in [0, 0.1) is 6.92 Å². The van der Waals surface area contributed by atoms with Gasteiger partial charge in [0.25, 0.3) is 0 Å². The van der Waals surface area contributed by atoms with Gasteiger partial charge in [0, 0.05) is 5.69 Å². The number of carboxylic acid groups (broad SMARTS) is 1. The zero-order valence-corrected chi connectivity index (χ0v) is 10.6. The average molecular weight is 237 g/mol. The SMILES string of the molecule is Cc1cc(C(=O)O)ccc1NC(C)C(C)(C)O. The first kappa shape index (κ1) is 13.5. The minimum atomic E-state index is -0.935. The summed E-state index contributed by atoms with van der Waals surface area (Å²) in [5.74, 6) is -0.935. The summed E-state index contributed by atoms with van der Waals surface area (Å²) in [5, 5.41) is 21.8. The normalized spacial score (nSPS) is 13.2. The van der Waals surface area contributed by atoms with Gasteiger partial charge in [-0.2, -0.15) is 0 Å². The second kappa shape index (κ2) is 4.75. The number of carbonyl (C=O) groups is 1. The number of aliphatic hydroxyl groups is 1. The van der Waals surface area contributed by atoms with Gasteiger partial charge >= 0.3 is 5.97 Å². The molecule has 0 spiro atoms. The number of nitrogens with one attached hydrogen (secondary N) is 1. The molecule has 3 N–H and O–H groups in total. The third-order valence-electron chi connectivity index (χ3n) is 2.91. The predicted molar refractivity (Wildman–Crippen MR) is 67.5 cm³/mol. The van der Waals surface area contributed by atoms with E-state index >= 15 is 0 Å². The van der Waals surface area contributed by atoms with E-state index in [4.69, 9.17) is 5.11 Å². The zero-order chi connectivity index (χ0) is 13.2. The number of benzene rings is 1. The number of aromatic carboxylic acids is 1. The molecule has 0 aliphatic rings. The fourth-order valence-electron chi connectivity index (χ4n) is 1.37. The summed E-state index contributed by atoms with van der Waals surface area (Å²) in [5.41, 5.74) is 1.12. The van der Waals surface area contributed by atoms with Crippen molar-refractivity contribution >= 4 is 11.7 Å². The number of aryl methyl sites for hydroxylation is 1. The maximum Gasteiger partial charge on any atom is 0.335 e. The molecule has 17 heavy (non-hydrogen) atoms. The summed E-state index contributed by atoms with van der Waals surface area (Å²) >= 11 is 0. The molecule has 0 aliphatic carbocycles. The van der Waals surface area contributed by atoms with Gasteiger partial charge in [0.2, 0.25) is 0 Å². The molecule has 0 bridgehead atoms. The van der Waals surface area contributed by atoms with Gasteiger partial charge in [-0.3, -0.25) is 0 Å². The molecule has 0 fully saturated rings. The van der Waals surface area contributed by atoms with E-state index in [1.807, 2.05) is 13.8 Å². The molecule has 1 atom stereocenters. The van der Waals surface area contributed by atoms with Crippen LogP contribution in [0.1, 0.15) is 36.7 Å². The van der Waals surface area contributed by atoms with Crippen LogP contribution < -0.4 is 5.32 Å². The number of anilines is 1. The minimum Gasteiger partial charge on any atom is -0.478 e. The summed E-state index contributed by atoms with van der Waals surface area (Å²) in [6.07, 6.45) is 0.